The van der Waals surface area contributed by atoms with Crippen molar-refractivity contribution >= 4 is 11.8 Å². The molecule has 0 bridgehead atoms. The van der Waals surface area contributed by atoms with Crippen LogP contribution in [0.1, 0.15) is 33.1 Å². The van der Waals surface area contributed by atoms with Crippen molar-refractivity contribution in [1.29, 1.82) is 5.26 Å². The van der Waals surface area contributed by atoms with Crippen molar-refractivity contribution in [2.45, 2.75) is 43.5 Å². The van der Waals surface area contributed by atoms with Crippen LogP contribution in [0.3, 0.4) is 0 Å². The number of thioether (sulfide) groups is 1. The molecule has 1 N–H and O–H groups in total. The van der Waals surface area contributed by atoms with Crippen LogP contribution in [0.4, 0.5) is 0 Å². The first-order valence-corrected chi connectivity index (χ1v) is 7.38. The molecular weight excluding hydrogens is 242 g/mol. The number of rotatable bonds is 8. The van der Waals surface area contributed by atoms with E-state index in [1.165, 1.54) is 4.90 Å². The number of aromatic nitrogens is 1. The quantitative estimate of drug-likeness (QED) is 0.578. The van der Waals surface area contributed by atoms with Gasteiger partial charge in [0.25, 0.3) is 0 Å². The highest BCUT2D eigenvalue weighted by Gasteiger charge is 2.21. The zero-order chi connectivity index (χ0) is 13.3. The average Bonchev–Trinajstić information content (AvgIpc) is 2.43. The maximum absolute atomic E-state index is 9.20. The van der Waals surface area contributed by atoms with E-state index in [0.717, 1.165) is 31.6 Å². The van der Waals surface area contributed by atoms with Crippen LogP contribution in [0.25, 0.3) is 0 Å². The maximum Gasteiger partial charge on any atom is 0.103 e. The normalized spacial score (nSPS) is 13.8. The van der Waals surface area contributed by atoms with Gasteiger partial charge in [0.1, 0.15) is 5.54 Å². The van der Waals surface area contributed by atoms with E-state index in [1.807, 2.05) is 43.2 Å². The Balaban J connectivity index is 2.26. The highest BCUT2D eigenvalue weighted by molar-refractivity contribution is 7.99. The largest absolute Gasteiger partial charge is 0.300 e. The van der Waals surface area contributed by atoms with Crippen molar-refractivity contribution in [1.82, 2.24) is 10.3 Å². The van der Waals surface area contributed by atoms with Gasteiger partial charge in [0.15, 0.2) is 0 Å². The van der Waals surface area contributed by atoms with Gasteiger partial charge in [-0.05, 0) is 50.6 Å². The summed E-state index contributed by atoms with van der Waals surface area (Å²) in [7, 11) is 0. The minimum atomic E-state index is -0.380. The number of pyridine rings is 1. The Kier molecular flexibility index (Phi) is 6.77. The standard InChI is InChI=1S/C14H21N3S/c1-3-8-17-14(2,12-15)7-4-11-18-13-5-9-16-10-6-13/h5-6,9-10,17H,3-4,7-8,11H2,1-2H3. The number of nitrogens with one attached hydrogen (secondary N) is 1. The minimum Gasteiger partial charge on any atom is -0.300 e. The molecule has 1 aromatic rings. The van der Waals surface area contributed by atoms with E-state index in [-0.39, 0.29) is 5.54 Å². The predicted molar refractivity (Wildman–Crippen MR) is 76.5 cm³/mol. The van der Waals surface area contributed by atoms with Crippen LogP contribution in [0.15, 0.2) is 29.4 Å². The van der Waals surface area contributed by atoms with Crippen LogP contribution in [0.2, 0.25) is 0 Å². The van der Waals surface area contributed by atoms with Crippen LogP contribution >= 0.6 is 11.8 Å². The van der Waals surface area contributed by atoms with E-state index in [2.05, 4.69) is 23.3 Å². The Morgan fingerprint density at radius 2 is 2.17 bits per heavy atom. The fraction of sp³-hybridized carbons (Fsp3) is 0.571. The SMILES string of the molecule is CCCNC(C)(C#N)CCCSc1ccncc1. The Morgan fingerprint density at radius 1 is 1.44 bits per heavy atom. The van der Waals surface area contributed by atoms with E-state index >= 15 is 0 Å². The lowest BCUT2D eigenvalue weighted by molar-refractivity contribution is 0.415. The Hall–Kier alpha value is -1.05. The second-order valence-corrected chi connectivity index (χ2v) is 5.67. The monoisotopic (exact) mass is 263 g/mol. The molecule has 4 heteroatoms. The highest BCUT2D eigenvalue weighted by Crippen LogP contribution is 2.20. The van der Waals surface area contributed by atoms with Crippen molar-refractivity contribution in [3.63, 3.8) is 0 Å². The van der Waals surface area contributed by atoms with Gasteiger partial charge in [0, 0.05) is 17.3 Å². The van der Waals surface area contributed by atoms with Crippen LogP contribution in [0, 0.1) is 11.3 Å². The van der Waals surface area contributed by atoms with E-state index in [0.29, 0.717) is 0 Å². The van der Waals surface area contributed by atoms with E-state index < -0.39 is 0 Å². The van der Waals surface area contributed by atoms with Crippen molar-refractivity contribution < 1.29 is 0 Å². The maximum atomic E-state index is 9.20. The molecule has 1 rings (SSSR count). The highest BCUT2D eigenvalue weighted by atomic mass is 32.2. The summed E-state index contributed by atoms with van der Waals surface area (Å²) in [6, 6.07) is 6.42. The van der Waals surface area contributed by atoms with Gasteiger partial charge >= 0.3 is 0 Å². The van der Waals surface area contributed by atoms with Crippen LogP contribution in [-0.4, -0.2) is 22.8 Å². The Morgan fingerprint density at radius 3 is 2.78 bits per heavy atom. The van der Waals surface area contributed by atoms with Gasteiger partial charge in [0.2, 0.25) is 0 Å². The van der Waals surface area contributed by atoms with Gasteiger partial charge < -0.3 is 0 Å². The summed E-state index contributed by atoms with van der Waals surface area (Å²) in [5.41, 5.74) is -0.380. The summed E-state index contributed by atoms with van der Waals surface area (Å²) < 4.78 is 0. The third-order valence-electron chi connectivity index (χ3n) is 2.75. The number of nitrogens with zero attached hydrogens (tertiary/aromatic N) is 2. The van der Waals surface area contributed by atoms with Crippen LogP contribution in [0.5, 0.6) is 0 Å². The van der Waals surface area contributed by atoms with Crippen molar-refractivity contribution in [2.24, 2.45) is 0 Å². The second-order valence-electron chi connectivity index (χ2n) is 4.51. The lowest BCUT2D eigenvalue weighted by atomic mass is 9.98. The van der Waals surface area contributed by atoms with Gasteiger partial charge in [-0.15, -0.1) is 11.8 Å². The molecule has 18 heavy (non-hydrogen) atoms. The molecule has 1 heterocycles. The molecule has 0 aromatic carbocycles. The summed E-state index contributed by atoms with van der Waals surface area (Å²) in [6.45, 7) is 5.01. The molecule has 0 aliphatic rings. The van der Waals surface area contributed by atoms with Gasteiger partial charge in [-0.25, -0.2) is 0 Å². The van der Waals surface area contributed by atoms with Gasteiger partial charge in [0.05, 0.1) is 6.07 Å². The van der Waals surface area contributed by atoms with Crippen LogP contribution in [-0.2, 0) is 0 Å². The first kappa shape index (κ1) is 15.0. The molecule has 0 aliphatic carbocycles. The molecule has 0 saturated heterocycles. The predicted octanol–water partition coefficient (Wildman–Crippen LogP) is 3.24. The summed E-state index contributed by atoms with van der Waals surface area (Å²) in [5.74, 6) is 1.04. The lowest BCUT2D eigenvalue weighted by Gasteiger charge is -2.22. The second kappa shape index (κ2) is 8.12. The molecule has 1 unspecified atom stereocenters. The van der Waals surface area contributed by atoms with E-state index in [9.17, 15) is 5.26 Å². The molecule has 0 fully saturated rings. The number of nitriles is 1. The molecule has 0 radical (unpaired) electrons. The fourth-order valence-electron chi connectivity index (χ4n) is 1.63. The number of hydrogen-bond acceptors (Lipinski definition) is 4. The van der Waals surface area contributed by atoms with Crippen molar-refractivity contribution in [3.05, 3.63) is 24.5 Å². The van der Waals surface area contributed by atoms with E-state index in [1.54, 1.807) is 0 Å². The Bertz CT molecular complexity index is 374. The summed E-state index contributed by atoms with van der Waals surface area (Å²) in [6.07, 6.45) is 6.60. The number of hydrogen-bond donors (Lipinski definition) is 1. The molecule has 0 saturated carbocycles. The molecule has 1 aromatic heterocycles. The Labute approximate surface area is 114 Å². The molecule has 0 amide bonds. The van der Waals surface area contributed by atoms with Crippen molar-refractivity contribution in [3.8, 4) is 6.07 Å². The molecule has 98 valence electrons. The summed E-state index contributed by atoms with van der Waals surface area (Å²) in [4.78, 5) is 5.23. The summed E-state index contributed by atoms with van der Waals surface area (Å²) >= 11 is 1.82. The van der Waals surface area contributed by atoms with Gasteiger partial charge in [-0.3, -0.25) is 10.3 Å². The van der Waals surface area contributed by atoms with Crippen molar-refractivity contribution in [2.75, 3.05) is 12.3 Å². The van der Waals surface area contributed by atoms with E-state index in [4.69, 9.17) is 0 Å². The van der Waals surface area contributed by atoms with Crippen LogP contribution < -0.4 is 5.32 Å². The third kappa shape index (κ3) is 5.52. The zero-order valence-corrected chi connectivity index (χ0v) is 12.0. The topological polar surface area (TPSA) is 48.7 Å². The molecular formula is C14H21N3S. The molecule has 0 aliphatic heterocycles. The first-order valence-electron chi connectivity index (χ1n) is 6.39. The summed E-state index contributed by atoms with van der Waals surface area (Å²) in [5, 5.41) is 12.5. The third-order valence-corrected chi connectivity index (χ3v) is 3.85. The molecule has 1 atom stereocenters. The first-order chi connectivity index (χ1) is 8.70. The lowest BCUT2D eigenvalue weighted by Crippen LogP contribution is -2.41. The zero-order valence-electron chi connectivity index (χ0n) is 11.1. The smallest absolute Gasteiger partial charge is 0.103 e. The van der Waals surface area contributed by atoms with Gasteiger partial charge in [-0.1, -0.05) is 6.92 Å². The molecule has 3 nitrogen and oxygen atoms in total. The minimum absolute atomic E-state index is 0.380. The average molecular weight is 263 g/mol. The molecule has 0 spiro atoms. The fourth-order valence-corrected chi connectivity index (χ4v) is 2.47. The van der Waals surface area contributed by atoms with Gasteiger partial charge in [-0.2, -0.15) is 5.26 Å².